The first kappa shape index (κ1) is 22.9. The molecule has 1 aromatic heterocycles. The maximum atomic E-state index is 12.5. The van der Waals surface area contributed by atoms with Crippen LogP contribution in [0, 0.1) is 11.8 Å². The highest BCUT2D eigenvalue weighted by Crippen LogP contribution is 2.38. The summed E-state index contributed by atoms with van der Waals surface area (Å²) < 4.78 is 6.80. The summed E-state index contributed by atoms with van der Waals surface area (Å²) in [6.07, 6.45) is 5.55. The number of ether oxygens (including phenoxy) is 1. The van der Waals surface area contributed by atoms with E-state index in [1.54, 1.807) is 16.2 Å². The van der Waals surface area contributed by atoms with Crippen LogP contribution in [0.25, 0.3) is 10.1 Å². The average Bonchev–Trinajstić information content (AvgIpc) is 3.15. The molecule has 0 saturated heterocycles. The molecule has 2 aromatic carbocycles. The molecule has 0 bridgehead atoms. The quantitative estimate of drug-likeness (QED) is 0.276. The third-order valence-corrected chi connectivity index (χ3v) is 6.61. The maximum Gasteiger partial charge on any atom is 0.415 e. The van der Waals surface area contributed by atoms with E-state index in [2.05, 4.69) is 24.8 Å². The minimum atomic E-state index is -0.299. The molecular weight excluding hydrogens is 402 g/mol. The number of rotatable bonds is 8. The molecule has 162 valence electrons. The Kier molecular flexibility index (Phi) is 8.55. The molecule has 1 heterocycles. The molecule has 0 N–H and O–H groups in total. The Hall–Kier alpha value is -2.77. The van der Waals surface area contributed by atoms with Crippen LogP contribution in [0.3, 0.4) is 0 Å². The van der Waals surface area contributed by atoms with E-state index in [0.29, 0.717) is 18.8 Å². The SMILES string of the molecule is CCCCCCc1sc2c(OC(=O)N(CC)CC)cccc2c1C#Cc1ccccc1. The lowest BCUT2D eigenvalue weighted by molar-refractivity contribution is 0.158. The molecule has 3 aromatic rings. The first-order chi connectivity index (χ1) is 15.2. The average molecular weight is 434 g/mol. The van der Waals surface area contributed by atoms with E-state index < -0.39 is 0 Å². The Balaban J connectivity index is 1.99. The first-order valence-corrected chi connectivity index (χ1v) is 12.1. The summed E-state index contributed by atoms with van der Waals surface area (Å²) in [4.78, 5) is 15.5. The summed E-state index contributed by atoms with van der Waals surface area (Å²) in [6.45, 7) is 7.41. The van der Waals surface area contributed by atoms with E-state index in [9.17, 15) is 4.79 Å². The third-order valence-electron chi connectivity index (χ3n) is 5.33. The van der Waals surface area contributed by atoms with Crippen molar-refractivity contribution in [3.8, 4) is 17.6 Å². The summed E-state index contributed by atoms with van der Waals surface area (Å²) in [5.74, 6) is 7.37. The molecule has 3 rings (SSSR count). The molecule has 0 fully saturated rings. The summed E-state index contributed by atoms with van der Waals surface area (Å²) in [6, 6.07) is 16.0. The molecule has 31 heavy (non-hydrogen) atoms. The van der Waals surface area contributed by atoms with E-state index in [4.69, 9.17) is 4.74 Å². The maximum absolute atomic E-state index is 12.5. The number of unbranched alkanes of at least 4 members (excludes halogenated alkanes) is 3. The number of carbonyl (C=O) groups excluding carboxylic acids is 1. The van der Waals surface area contributed by atoms with Crippen molar-refractivity contribution in [3.63, 3.8) is 0 Å². The van der Waals surface area contributed by atoms with Crippen molar-refractivity contribution in [2.75, 3.05) is 13.1 Å². The zero-order valence-electron chi connectivity index (χ0n) is 18.7. The molecule has 0 atom stereocenters. The molecule has 1 amide bonds. The van der Waals surface area contributed by atoms with Crippen molar-refractivity contribution in [2.24, 2.45) is 0 Å². The van der Waals surface area contributed by atoms with Gasteiger partial charge in [0.1, 0.15) is 0 Å². The number of benzene rings is 2. The lowest BCUT2D eigenvalue weighted by Crippen LogP contribution is -2.33. The predicted molar refractivity (Wildman–Crippen MR) is 131 cm³/mol. The van der Waals surface area contributed by atoms with Crippen molar-refractivity contribution in [2.45, 2.75) is 52.9 Å². The zero-order chi connectivity index (χ0) is 22.1. The summed E-state index contributed by atoms with van der Waals surface area (Å²) >= 11 is 1.71. The van der Waals surface area contributed by atoms with Gasteiger partial charge in [-0.1, -0.05) is 68.4 Å². The van der Waals surface area contributed by atoms with Crippen molar-refractivity contribution in [3.05, 3.63) is 64.5 Å². The van der Waals surface area contributed by atoms with Crippen LogP contribution >= 0.6 is 11.3 Å². The van der Waals surface area contributed by atoms with Gasteiger partial charge in [0.25, 0.3) is 0 Å². The third kappa shape index (κ3) is 5.89. The lowest BCUT2D eigenvalue weighted by Gasteiger charge is -2.18. The van der Waals surface area contributed by atoms with E-state index in [0.717, 1.165) is 34.1 Å². The van der Waals surface area contributed by atoms with Crippen LogP contribution in [0.2, 0.25) is 0 Å². The highest BCUT2D eigenvalue weighted by Gasteiger charge is 2.18. The van der Waals surface area contributed by atoms with Crippen LogP contribution in [0.1, 0.15) is 62.5 Å². The van der Waals surface area contributed by atoms with Gasteiger partial charge in [0, 0.05) is 34.5 Å². The van der Waals surface area contributed by atoms with Gasteiger partial charge in [0.15, 0.2) is 5.75 Å². The molecule has 0 aliphatic heterocycles. The Morgan fingerprint density at radius 1 is 0.935 bits per heavy atom. The molecule has 0 aliphatic carbocycles. The van der Waals surface area contributed by atoms with Gasteiger partial charge in [-0.3, -0.25) is 0 Å². The predicted octanol–water partition coefficient (Wildman–Crippen LogP) is 7.26. The second-order valence-electron chi connectivity index (χ2n) is 7.50. The number of nitrogens with zero attached hydrogens (tertiary/aromatic N) is 1. The zero-order valence-corrected chi connectivity index (χ0v) is 19.6. The minimum Gasteiger partial charge on any atom is -0.409 e. The monoisotopic (exact) mass is 433 g/mol. The van der Waals surface area contributed by atoms with E-state index in [-0.39, 0.29) is 6.09 Å². The summed E-state index contributed by atoms with van der Waals surface area (Å²) in [5, 5.41) is 1.07. The topological polar surface area (TPSA) is 29.5 Å². The van der Waals surface area contributed by atoms with Crippen LogP contribution in [-0.2, 0) is 6.42 Å². The van der Waals surface area contributed by atoms with Crippen LogP contribution in [-0.4, -0.2) is 24.1 Å². The van der Waals surface area contributed by atoms with Crippen molar-refractivity contribution >= 4 is 27.5 Å². The second kappa shape index (κ2) is 11.6. The molecule has 3 nitrogen and oxygen atoms in total. The number of amides is 1. The van der Waals surface area contributed by atoms with Crippen LogP contribution in [0.4, 0.5) is 4.79 Å². The van der Waals surface area contributed by atoms with Gasteiger partial charge in [-0.15, -0.1) is 11.3 Å². The van der Waals surface area contributed by atoms with E-state index in [1.165, 1.54) is 24.1 Å². The van der Waals surface area contributed by atoms with Crippen LogP contribution in [0.5, 0.6) is 5.75 Å². The molecule has 0 saturated carbocycles. The van der Waals surface area contributed by atoms with E-state index in [1.807, 2.05) is 56.3 Å². The summed E-state index contributed by atoms with van der Waals surface area (Å²) in [5.41, 5.74) is 2.07. The number of thiophene rings is 1. The first-order valence-electron chi connectivity index (χ1n) is 11.3. The van der Waals surface area contributed by atoms with Crippen molar-refractivity contribution in [1.82, 2.24) is 4.90 Å². The number of carbonyl (C=O) groups is 1. The Morgan fingerprint density at radius 3 is 2.42 bits per heavy atom. The smallest absolute Gasteiger partial charge is 0.409 e. The highest BCUT2D eigenvalue weighted by atomic mass is 32.1. The van der Waals surface area contributed by atoms with Crippen molar-refractivity contribution < 1.29 is 9.53 Å². The second-order valence-corrected chi connectivity index (χ2v) is 8.61. The lowest BCUT2D eigenvalue weighted by atomic mass is 10.1. The fourth-order valence-corrected chi connectivity index (χ4v) is 4.79. The van der Waals surface area contributed by atoms with Gasteiger partial charge in [-0.2, -0.15) is 0 Å². The Morgan fingerprint density at radius 2 is 1.71 bits per heavy atom. The van der Waals surface area contributed by atoms with Gasteiger partial charge in [0.05, 0.1) is 4.70 Å². The number of aryl methyl sites for hydroxylation is 1. The normalized spacial score (nSPS) is 10.5. The standard InChI is InChI=1S/C27H31NO2S/c1-4-7-8-12-18-25-22(20-19-21-14-10-9-11-15-21)23-16-13-17-24(26(23)31-25)30-27(29)28(5-2)6-3/h9-11,13-17H,4-8,12,18H2,1-3H3. The van der Waals surface area contributed by atoms with Crippen LogP contribution < -0.4 is 4.74 Å². The Labute approximate surface area is 190 Å². The molecule has 0 radical (unpaired) electrons. The minimum absolute atomic E-state index is 0.299. The van der Waals surface area contributed by atoms with Gasteiger partial charge in [-0.25, -0.2) is 4.79 Å². The molecule has 0 aliphatic rings. The number of hydrogen-bond donors (Lipinski definition) is 0. The molecule has 0 spiro atoms. The van der Waals surface area contributed by atoms with E-state index >= 15 is 0 Å². The number of hydrogen-bond acceptors (Lipinski definition) is 3. The van der Waals surface area contributed by atoms with Gasteiger partial charge in [-0.05, 0) is 44.9 Å². The molecule has 0 unspecified atom stereocenters. The van der Waals surface area contributed by atoms with Gasteiger partial charge in [0.2, 0.25) is 0 Å². The summed E-state index contributed by atoms with van der Waals surface area (Å²) in [7, 11) is 0. The number of fused-ring (bicyclic) bond motifs is 1. The van der Waals surface area contributed by atoms with Gasteiger partial charge >= 0.3 is 6.09 Å². The fourth-order valence-electron chi connectivity index (χ4n) is 3.54. The van der Waals surface area contributed by atoms with Crippen LogP contribution in [0.15, 0.2) is 48.5 Å². The van der Waals surface area contributed by atoms with Gasteiger partial charge < -0.3 is 9.64 Å². The Bertz CT molecular complexity index is 1060. The van der Waals surface area contributed by atoms with Crippen molar-refractivity contribution in [1.29, 1.82) is 0 Å². The molecular formula is C27H31NO2S. The largest absolute Gasteiger partial charge is 0.415 e. The molecule has 4 heteroatoms. The fraction of sp³-hybridized carbons (Fsp3) is 0.370. The highest BCUT2D eigenvalue weighted by molar-refractivity contribution is 7.19.